The monoisotopic (exact) mass is 388 g/mol. The molecule has 0 bridgehead atoms. The van der Waals surface area contributed by atoms with Crippen molar-refractivity contribution in [2.45, 2.75) is 19.9 Å². The van der Waals surface area contributed by atoms with Gasteiger partial charge in [0.05, 0.1) is 17.9 Å². The van der Waals surface area contributed by atoms with E-state index in [1.165, 1.54) is 34.0 Å². The number of fused-ring (bicyclic) bond motifs is 1. The maximum atomic E-state index is 12.2. The molecule has 24 heavy (non-hydrogen) atoms. The molecule has 130 valence electrons. The summed E-state index contributed by atoms with van der Waals surface area (Å²) in [5.74, 6) is -0.300. The Morgan fingerprint density at radius 3 is 2.75 bits per heavy atom. The van der Waals surface area contributed by atoms with Crippen molar-refractivity contribution in [1.82, 2.24) is 23.2 Å². The number of carbonyl (C=O) groups is 1. The minimum absolute atomic E-state index is 0.268. The van der Waals surface area contributed by atoms with E-state index in [-0.39, 0.29) is 12.5 Å². The van der Waals surface area contributed by atoms with Crippen molar-refractivity contribution in [3.63, 3.8) is 0 Å². The Bertz CT molecular complexity index is 872. The van der Waals surface area contributed by atoms with Gasteiger partial charge in [0, 0.05) is 31.9 Å². The lowest BCUT2D eigenvalue weighted by atomic mass is 10.2. The van der Waals surface area contributed by atoms with Gasteiger partial charge in [0.25, 0.3) is 16.1 Å². The molecule has 0 radical (unpaired) electrons. The number of carbonyl (C=O) groups excluding carboxylic acids is 1. The van der Waals surface area contributed by atoms with Gasteiger partial charge in [-0.2, -0.15) is 17.0 Å². The van der Waals surface area contributed by atoms with E-state index >= 15 is 0 Å². The Balaban J connectivity index is 1.76. The van der Waals surface area contributed by atoms with Crippen molar-refractivity contribution < 1.29 is 13.2 Å². The van der Waals surface area contributed by atoms with Gasteiger partial charge in [-0.15, -0.1) is 16.4 Å². The van der Waals surface area contributed by atoms with Crippen LogP contribution in [0, 0.1) is 6.92 Å². The first kappa shape index (κ1) is 17.4. The lowest BCUT2D eigenvalue weighted by molar-refractivity contribution is 0.103. The smallest absolute Gasteiger partial charge is 0.281 e. The van der Waals surface area contributed by atoms with Crippen LogP contribution in [0.5, 0.6) is 0 Å². The van der Waals surface area contributed by atoms with Crippen molar-refractivity contribution in [3.8, 4) is 0 Å². The number of thiazole rings is 1. The molecule has 3 heterocycles. The van der Waals surface area contributed by atoms with E-state index in [0.717, 1.165) is 22.1 Å². The number of rotatable bonds is 4. The largest absolute Gasteiger partial charge is 0.297 e. The summed E-state index contributed by atoms with van der Waals surface area (Å²) in [4.78, 5) is 17.9. The number of hydrogen-bond donors (Lipinski definition) is 1. The Morgan fingerprint density at radius 2 is 2.12 bits per heavy atom. The molecule has 2 aromatic rings. The summed E-state index contributed by atoms with van der Waals surface area (Å²) in [5.41, 5.74) is 1.40. The molecule has 2 aromatic heterocycles. The van der Waals surface area contributed by atoms with Crippen molar-refractivity contribution in [3.05, 3.63) is 21.1 Å². The van der Waals surface area contributed by atoms with Gasteiger partial charge in [0.15, 0.2) is 5.13 Å². The van der Waals surface area contributed by atoms with Crippen LogP contribution >= 0.6 is 22.9 Å². The zero-order valence-electron chi connectivity index (χ0n) is 13.3. The molecule has 12 heteroatoms. The van der Waals surface area contributed by atoms with Gasteiger partial charge in [0.2, 0.25) is 0 Å². The van der Waals surface area contributed by atoms with Gasteiger partial charge < -0.3 is 0 Å². The molecule has 3 rings (SSSR count). The van der Waals surface area contributed by atoms with Crippen LogP contribution in [0.25, 0.3) is 0 Å². The highest BCUT2D eigenvalue weighted by Crippen LogP contribution is 2.30. The summed E-state index contributed by atoms with van der Waals surface area (Å²) < 4.78 is 30.8. The molecule has 1 aliphatic heterocycles. The van der Waals surface area contributed by atoms with E-state index in [1.54, 1.807) is 6.92 Å². The van der Waals surface area contributed by atoms with Gasteiger partial charge in [-0.25, -0.2) is 4.98 Å². The molecule has 1 N–H and O–H groups in total. The summed E-state index contributed by atoms with van der Waals surface area (Å²) in [6.07, 6.45) is 0.524. The molecular weight excluding hydrogens is 372 g/mol. The number of anilines is 1. The van der Waals surface area contributed by atoms with Gasteiger partial charge in [0.1, 0.15) is 4.88 Å². The molecule has 0 aliphatic carbocycles. The van der Waals surface area contributed by atoms with Crippen molar-refractivity contribution in [2.24, 2.45) is 0 Å². The standard InChI is InChI=1S/C12H16N6O3S3/c1-7-10(23-16-15-7)11(19)14-12-13-8-4-5-18(6-9(8)22-12)24(20,21)17(2)3/h4-6H2,1-3H3,(H,13,14,19). The third-order valence-electron chi connectivity index (χ3n) is 3.56. The first-order valence-electron chi connectivity index (χ1n) is 7.05. The lowest BCUT2D eigenvalue weighted by Crippen LogP contribution is -2.42. The van der Waals surface area contributed by atoms with Crippen molar-refractivity contribution >= 4 is 44.1 Å². The highest BCUT2D eigenvalue weighted by atomic mass is 32.2. The van der Waals surface area contributed by atoms with Crippen LogP contribution in [-0.2, 0) is 23.2 Å². The third-order valence-corrected chi connectivity index (χ3v) is 7.27. The first-order valence-corrected chi connectivity index (χ1v) is 10.0. The molecule has 9 nitrogen and oxygen atoms in total. The van der Waals surface area contributed by atoms with Gasteiger partial charge in [-0.05, 0) is 18.5 Å². The molecule has 0 spiro atoms. The predicted molar refractivity (Wildman–Crippen MR) is 91.4 cm³/mol. The summed E-state index contributed by atoms with van der Waals surface area (Å²) in [7, 11) is -0.437. The molecule has 0 saturated carbocycles. The summed E-state index contributed by atoms with van der Waals surface area (Å²) in [6.45, 7) is 2.36. The Morgan fingerprint density at radius 1 is 1.38 bits per heavy atom. The van der Waals surface area contributed by atoms with Crippen LogP contribution < -0.4 is 5.32 Å². The normalized spacial score (nSPS) is 15.5. The lowest BCUT2D eigenvalue weighted by Gasteiger charge is -2.27. The molecule has 0 aromatic carbocycles. The number of nitrogens with one attached hydrogen (secondary N) is 1. The van der Waals surface area contributed by atoms with Gasteiger partial charge >= 0.3 is 0 Å². The SMILES string of the molecule is Cc1nnsc1C(=O)Nc1nc2c(s1)CN(S(=O)(=O)N(C)C)CC2. The first-order chi connectivity index (χ1) is 11.3. The van der Waals surface area contributed by atoms with E-state index in [4.69, 9.17) is 0 Å². The van der Waals surface area contributed by atoms with E-state index in [0.29, 0.717) is 28.7 Å². The molecule has 1 amide bonds. The summed E-state index contributed by atoms with van der Waals surface area (Å²) in [6, 6.07) is 0. The topological polar surface area (TPSA) is 108 Å². The zero-order valence-corrected chi connectivity index (χ0v) is 15.8. The minimum atomic E-state index is -3.45. The maximum absolute atomic E-state index is 12.2. The third kappa shape index (κ3) is 3.19. The number of aromatic nitrogens is 3. The average molecular weight is 389 g/mol. The molecule has 0 atom stereocenters. The van der Waals surface area contributed by atoms with Crippen molar-refractivity contribution in [1.29, 1.82) is 0 Å². The number of nitrogens with zero attached hydrogens (tertiary/aromatic N) is 5. The zero-order chi connectivity index (χ0) is 17.5. The number of amides is 1. The highest BCUT2D eigenvalue weighted by molar-refractivity contribution is 7.86. The van der Waals surface area contributed by atoms with Crippen LogP contribution in [0.1, 0.15) is 25.9 Å². The average Bonchev–Trinajstić information content (AvgIpc) is 3.11. The van der Waals surface area contributed by atoms with E-state index < -0.39 is 10.2 Å². The van der Waals surface area contributed by atoms with Crippen molar-refractivity contribution in [2.75, 3.05) is 26.0 Å². The van der Waals surface area contributed by atoms with E-state index in [9.17, 15) is 13.2 Å². The maximum Gasteiger partial charge on any atom is 0.281 e. The summed E-state index contributed by atoms with van der Waals surface area (Å²) >= 11 is 2.32. The predicted octanol–water partition coefficient (Wildman–Crippen LogP) is 0.720. The molecular formula is C12H16N6O3S3. The van der Waals surface area contributed by atoms with E-state index in [2.05, 4.69) is 19.9 Å². The minimum Gasteiger partial charge on any atom is -0.297 e. The summed E-state index contributed by atoms with van der Waals surface area (Å²) in [5, 5.41) is 7.01. The molecule has 0 saturated heterocycles. The van der Waals surface area contributed by atoms with E-state index in [1.807, 2.05) is 0 Å². The van der Waals surface area contributed by atoms with Crippen LogP contribution in [0.3, 0.4) is 0 Å². The quantitative estimate of drug-likeness (QED) is 0.827. The van der Waals surface area contributed by atoms with Crippen LogP contribution in [0.2, 0.25) is 0 Å². The van der Waals surface area contributed by atoms with Gasteiger partial charge in [-0.1, -0.05) is 4.49 Å². The Hall–Kier alpha value is -1.47. The fourth-order valence-corrected chi connectivity index (χ4v) is 4.98. The Labute approximate surface area is 147 Å². The Kier molecular flexibility index (Phi) is 4.66. The number of aryl methyl sites for hydroxylation is 1. The highest BCUT2D eigenvalue weighted by Gasteiger charge is 2.30. The van der Waals surface area contributed by atoms with Crippen LogP contribution in [0.4, 0.5) is 5.13 Å². The fraction of sp³-hybridized carbons (Fsp3) is 0.500. The number of hydrogen-bond acceptors (Lipinski definition) is 8. The second-order valence-electron chi connectivity index (χ2n) is 5.40. The fourth-order valence-electron chi connectivity index (χ4n) is 2.25. The second-order valence-corrected chi connectivity index (χ2v) is 9.38. The molecule has 0 fully saturated rings. The molecule has 1 aliphatic rings. The second kappa shape index (κ2) is 6.44. The molecule has 0 unspecified atom stereocenters. The van der Waals surface area contributed by atoms with Crippen LogP contribution in [-0.4, -0.2) is 58.1 Å². The van der Waals surface area contributed by atoms with Gasteiger partial charge in [-0.3, -0.25) is 10.1 Å². The van der Waals surface area contributed by atoms with Crippen LogP contribution in [0.15, 0.2) is 0 Å².